The molecule has 0 bridgehead atoms. The number of nitrogens with one attached hydrogen (secondary N) is 1. The van der Waals surface area contributed by atoms with Crippen LogP contribution in [-0.2, 0) is 19.0 Å². The first-order valence-electron chi connectivity index (χ1n) is 4.92. The summed E-state index contributed by atoms with van der Waals surface area (Å²) in [5.41, 5.74) is 0. The van der Waals surface area contributed by atoms with Crippen molar-refractivity contribution >= 4 is 11.9 Å². The molecule has 0 radical (unpaired) electrons. The van der Waals surface area contributed by atoms with Crippen molar-refractivity contribution in [3.8, 4) is 0 Å². The predicted octanol–water partition coefficient (Wildman–Crippen LogP) is -1.05. The molecule has 1 N–H and O–H groups in total. The highest BCUT2D eigenvalue weighted by Gasteiger charge is 2.31. The van der Waals surface area contributed by atoms with Gasteiger partial charge in [-0.05, 0) is 0 Å². The van der Waals surface area contributed by atoms with Crippen molar-refractivity contribution in [2.24, 2.45) is 4.99 Å². The number of methoxy groups -OCH3 is 1. The zero-order valence-corrected chi connectivity index (χ0v) is 8.56. The third kappa shape index (κ3) is 2.27. The summed E-state index contributed by atoms with van der Waals surface area (Å²) in [6.07, 6.45) is -0.173. The summed E-state index contributed by atoms with van der Waals surface area (Å²) in [5, 5.41) is 3.17. The van der Waals surface area contributed by atoms with Gasteiger partial charge in [-0.25, -0.2) is 9.79 Å². The summed E-state index contributed by atoms with van der Waals surface area (Å²) in [4.78, 5) is 15.3. The number of rotatable bonds is 2. The molecule has 0 aromatic heterocycles. The fourth-order valence-electron chi connectivity index (χ4n) is 1.55. The third-order valence-corrected chi connectivity index (χ3v) is 2.35. The molecule has 1 fully saturated rings. The number of hydrogen-bond acceptors (Lipinski definition) is 6. The molecule has 6 heteroatoms. The highest BCUT2D eigenvalue weighted by Crippen LogP contribution is 2.11. The van der Waals surface area contributed by atoms with Gasteiger partial charge in [0.1, 0.15) is 12.7 Å². The van der Waals surface area contributed by atoms with Gasteiger partial charge >= 0.3 is 5.97 Å². The topological polar surface area (TPSA) is 69.2 Å². The van der Waals surface area contributed by atoms with Crippen LogP contribution in [0.15, 0.2) is 4.99 Å². The lowest BCUT2D eigenvalue weighted by molar-refractivity contribution is -0.142. The Morgan fingerprint density at radius 1 is 1.67 bits per heavy atom. The maximum absolute atomic E-state index is 11.2. The molecule has 0 saturated carbocycles. The zero-order valence-electron chi connectivity index (χ0n) is 8.56. The Bertz CT molecular complexity index is 273. The molecule has 2 atom stereocenters. The van der Waals surface area contributed by atoms with Crippen LogP contribution in [-0.4, -0.2) is 57.4 Å². The van der Waals surface area contributed by atoms with Gasteiger partial charge in [-0.3, -0.25) is 0 Å². The second kappa shape index (κ2) is 4.59. The van der Waals surface area contributed by atoms with Crippen LogP contribution in [0, 0.1) is 0 Å². The lowest BCUT2D eigenvalue weighted by atomic mass is 10.3. The Morgan fingerprint density at radius 2 is 2.53 bits per heavy atom. The van der Waals surface area contributed by atoms with E-state index in [-0.39, 0.29) is 18.7 Å². The van der Waals surface area contributed by atoms with Crippen molar-refractivity contribution in [3.63, 3.8) is 0 Å². The first kappa shape index (κ1) is 10.4. The molecule has 0 amide bonds. The lowest BCUT2D eigenvalue weighted by Gasteiger charge is -2.22. The number of nitrogens with zero attached hydrogens (tertiary/aromatic N) is 1. The Morgan fingerprint density at radius 3 is 3.20 bits per heavy atom. The Kier molecular flexibility index (Phi) is 3.17. The Hall–Kier alpha value is -1.14. The van der Waals surface area contributed by atoms with Crippen LogP contribution in [0.25, 0.3) is 0 Å². The molecule has 15 heavy (non-hydrogen) atoms. The van der Waals surface area contributed by atoms with Gasteiger partial charge in [0, 0.05) is 13.1 Å². The van der Waals surface area contributed by atoms with E-state index in [1.165, 1.54) is 7.11 Å². The van der Waals surface area contributed by atoms with Gasteiger partial charge in [-0.1, -0.05) is 0 Å². The zero-order chi connectivity index (χ0) is 10.7. The number of morpholine rings is 1. The monoisotopic (exact) mass is 214 g/mol. The van der Waals surface area contributed by atoms with Crippen LogP contribution < -0.4 is 5.32 Å². The highest BCUT2D eigenvalue weighted by molar-refractivity contribution is 5.88. The first-order valence-corrected chi connectivity index (χ1v) is 4.92. The largest absolute Gasteiger partial charge is 0.476 e. The standard InChI is InChI=1S/C9H14N2O4/c1-13-9(12)6-5-15-8(11-6)7-4-10-2-3-14-7/h6-7,10H,2-5H2,1H3. The molecule has 2 aliphatic heterocycles. The molecule has 0 aromatic rings. The number of aliphatic imine (C=N–C) groups is 1. The molecule has 2 heterocycles. The summed E-state index contributed by atoms with van der Waals surface area (Å²) < 4.78 is 15.4. The van der Waals surface area contributed by atoms with E-state index in [4.69, 9.17) is 9.47 Å². The maximum Gasteiger partial charge on any atom is 0.334 e. The highest BCUT2D eigenvalue weighted by atomic mass is 16.6. The molecule has 0 aliphatic carbocycles. The average Bonchev–Trinajstić information content (AvgIpc) is 2.78. The SMILES string of the molecule is COC(=O)C1COC(C2CNCCO2)=N1. The van der Waals surface area contributed by atoms with Gasteiger partial charge in [0.25, 0.3) is 0 Å². The Balaban J connectivity index is 1.95. The number of carbonyl (C=O) groups excluding carboxylic acids is 1. The van der Waals surface area contributed by atoms with Crippen molar-refractivity contribution in [2.75, 3.05) is 33.4 Å². The average molecular weight is 214 g/mol. The van der Waals surface area contributed by atoms with E-state index in [1.54, 1.807) is 0 Å². The molecule has 2 rings (SSSR count). The second-order valence-corrected chi connectivity index (χ2v) is 3.38. The van der Waals surface area contributed by atoms with Crippen molar-refractivity contribution < 1.29 is 19.0 Å². The van der Waals surface area contributed by atoms with Gasteiger partial charge in [0.15, 0.2) is 6.04 Å². The fourth-order valence-corrected chi connectivity index (χ4v) is 1.55. The van der Waals surface area contributed by atoms with Crippen molar-refractivity contribution in [1.82, 2.24) is 5.32 Å². The lowest BCUT2D eigenvalue weighted by Crippen LogP contribution is -2.43. The Labute approximate surface area is 87.6 Å². The number of hydrogen-bond donors (Lipinski definition) is 1. The van der Waals surface area contributed by atoms with E-state index >= 15 is 0 Å². The number of ether oxygens (including phenoxy) is 3. The molecule has 84 valence electrons. The molecule has 0 spiro atoms. The van der Waals surface area contributed by atoms with Crippen molar-refractivity contribution in [1.29, 1.82) is 0 Å². The summed E-state index contributed by atoms with van der Waals surface area (Å²) in [7, 11) is 1.34. The number of esters is 1. The minimum Gasteiger partial charge on any atom is -0.476 e. The van der Waals surface area contributed by atoms with Gasteiger partial charge < -0.3 is 19.5 Å². The van der Waals surface area contributed by atoms with Crippen LogP contribution in [0.5, 0.6) is 0 Å². The van der Waals surface area contributed by atoms with Gasteiger partial charge in [0.05, 0.1) is 13.7 Å². The number of carbonyl (C=O) groups is 1. The van der Waals surface area contributed by atoms with Gasteiger partial charge in [-0.15, -0.1) is 0 Å². The van der Waals surface area contributed by atoms with Crippen LogP contribution in [0.1, 0.15) is 0 Å². The van der Waals surface area contributed by atoms with E-state index in [9.17, 15) is 4.79 Å². The van der Waals surface area contributed by atoms with Crippen LogP contribution in [0.2, 0.25) is 0 Å². The van der Waals surface area contributed by atoms with E-state index < -0.39 is 6.04 Å². The summed E-state index contributed by atoms with van der Waals surface area (Å²) >= 11 is 0. The van der Waals surface area contributed by atoms with E-state index in [2.05, 4.69) is 15.0 Å². The quantitative estimate of drug-likeness (QED) is 0.594. The van der Waals surface area contributed by atoms with Crippen LogP contribution in [0.3, 0.4) is 0 Å². The van der Waals surface area contributed by atoms with Crippen molar-refractivity contribution in [2.45, 2.75) is 12.1 Å². The molecular formula is C9H14N2O4. The van der Waals surface area contributed by atoms with Crippen LogP contribution >= 0.6 is 0 Å². The molecular weight excluding hydrogens is 200 g/mol. The summed E-state index contributed by atoms with van der Waals surface area (Å²) in [6, 6.07) is -0.532. The van der Waals surface area contributed by atoms with Gasteiger partial charge in [0.2, 0.25) is 5.90 Å². The van der Waals surface area contributed by atoms with E-state index in [0.717, 1.165) is 6.54 Å². The van der Waals surface area contributed by atoms with E-state index in [0.29, 0.717) is 19.0 Å². The minimum atomic E-state index is -0.532. The normalized spacial score (nSPS) is 30.6. The molecule has 0 aromatic carbocycles. The fraction of sp³-hybridized carbons (Fsp3) is 0.778. The molecule has 1 saturated heterocycles. The molecule has 6 nitrogen and oxygen atoms in total. The van der Waals surface area contributed by atoms with Crippen molar-refractivity contribution in [3.05, 3.63) is 0 Å². The molecule has 2 unspecified atom stereocenters. The third-order valence-electron chi connectivity index (χ3n) is 2.35. The smallest absolute Gasteiger partial charge is 0.334 e. The molecule has 2 aliphatic rings. The van der Waals surface area contributed by atoms with Gasteiger partial charge in [-0.2, -0.15) is 0 Å². The maximum atomic E-state index is 11.2. The predicted molar refractivity (Wildman–Crippen MR) is 51.8 cm³/mol. The summed E-state index contributed by atoms with van der Waals surface area (Å²) in [5.74, 6) is 0.131. The van der Waals surface area contributed by atoms with Crippen LogP contribution in [0.4, 0.5) is 0 Å². The second-order valence-electron chi connectivity index (χ2n) is 3.38. The van der Waals surface area contributed by atoms with E-state index in [1.807, 2.05) is 0 Å². The minimum absolute atomic E-state index is 0.173. The first-order chi connectivity index (χ1) is 7.31. The summed E-state index contributed by atoms with van der Waals surface area (Å²) in [6.45, 7) is 2.40.